The predicted molar refractivity (Wildman–Crippen MR) is 207 cm³/mol. The average Bonchev–Trinajstić information content (AvgIpc) is 3.85. The molecular weight excluding hydrogens is 661 g/mol. The van der Waals surface area contributed by atoms with Crippen LogP contribution >= 0.6 is 0 Å². The molecule has 8 heteroatoms. The molecule has 2 aliphatic rings. The van der Waals surface area contributed by atoms with Gasteiger partial charge in [-0.3, -0.25) is 0 Å². The van der Waals surface area contributed by atoms with Crippen molar-refractivity contribution in [3.05, 3.63) is 156 Å². The molecule has 0 radical (unpaired) electrons. The van der Waals surface area contributed by atoms with Gasteiger partial charge in [-0.2, -0.15) is 0 Å². The minimum Gasteiger partial charge on any atom is -0.473 e. The van der Waals surface area contributed by atoms with Crippen LogP contribution in [0.2, 0.25) is 0 Å². The van der Waals surface area contributed by atoms with Gasteiger partial charge in [-0.05, 0) is 96.1 Å². The molecule has 0 aliphatic carbocycles. The van der Waals surface area contributed by atoms with E-state index in [1.165, 1.54) is 0 Å². The molecule has 0 saturated carbocycles. The fraction of sp³-hybridized carbons (Fsp3) is 0.156. The van der Waals surface area contributed by atoms with E-state index in [1.807, 2.05) is 72.8 Å². The van der Waals surface area contributed by atoms with Gasteiger partial charge in [0.15, 0.2) is 24.6 Å². The summed E-state index contributed by atoms with van der Waals surface area (Å²) in [6.45, 7) is 6.96. The highest BCUT2D eigenvalue weighted by atomic mass is 16.5. The van der Waals surface area contributed by atoms with Gasteiger partial charge in [-0.25, -0.2) is 9.97 Å². The zero-order chi connectivity index (χ0) is 35.5. The second-order valence-corrected chi connectivity index (χ2v) is 14.3. The van der Waals surface area contributed by atoms with Crippen LogP contribution in [0.25, 0.3) is 45.1 Å². The van der Waals surface area contributed by atoms with Crippen LogP contribution in [0.5, 0.6) is 11.5 Å². The van der Waals surface area contributed by atoms with E-state index in [0.717, 1.165) is 91.5 Å². The summed E-state index contributed by atoms with van der Waals surface area (Å²) in [6.07, 6.45) is 0. The SMILES string of the molecule is CC(C)(c1ccc2nc(-c3ccc4c(c3)CN(c3ccccc3)CO4)oc2c1)c1ccc2nc(-c3ccc4c(c3)CN(c3ccccc3)CO4)oc2c1. The molecule has 2 aliphatic heterocycles. The van der Waals surface area contributed by atoms with Crippen molar-refractivity contribution >= 4 is 33.6 Å². The zero-order valence-electron chi connectivity index (χ0n) is 29.5. The van der Waals surface area contributed by atoms with Crippen molar-refractivity contribution in [1.29, 1.82) is 0 Å². The molecule has 0 atom stereocenters. The highest BCUT2D eigenvalue weighted by Crippen LogP contribution is 2.39. The van der Waals surface area contributed by atoms with Gasteiger partial charge in [-0.1, -0.05) is 62.4 Å². The number of fused-ring (bicyclic) bond motifs is 4. The maximum atomic E-state index is 6.42. The Kier molecular flexibility index (Phi) is 7.25. The van der Waals surface area contributed by atoms with Crippen LogP contribution in [-0.4, -0.2) is 23.4 Å². The number of oxazole rings is 2. The van der Waals surface area contributed by atoms with Gasteiger partial charge in [0.05, 0.1) is 0 Å². The highest BCUT2D eigenvalue weighted by molar-refractivity contribution is 5.80. The quantitative estimate of drug-likeness (QED) is 0.170. The van der Waals surface area contributed by atoms with E-state index in [-0.39, 0.29) is 5.41 Å². The number of hydrogen-bond donors (Lipinski definition) is 0. The second-order valence-electron chi connectivity index (χ2n) is 14.3. The molecular formula is C45H36N4O4. The molecule has 10 rings (SSSR count). The average molecular weight is 697 g/mol. The van der Waals surface area contributed by atoms with Gasteiger partial charge in [0.2, 0.25) is 11.8 Å². The summed E-state index contributed by atoms with van der Waals surface area (Å²) in [7, 11) is 0. The number of anilines is 2. The number of nitrogens with zero attached hydrogens (tertiary/aromatic N) is 4. The van der Waals surface area contributed by atoms with Gasteiger partial charge >= 0.3 is 0 Å². The lowest BCUT2D eigenvalue weighted by atomic mass is 9.78. The minimum absolute atomic E-state index is 0.351. The first kappa shape index (κ1) is 31.2. The molecule has 0 spiro atoms. The summed E-state index contributed by atoms with van der Waals surface area (Å²) in [5, 5.41) is 0. The summed E-state index contributed by atoms with van der Waals surface area (Å²) >= 11 is 0. The largest absolute Gasteiger partial charge is 0.473 e. The molecule has 0 amide bonds. The number of rotatable bonds is 6. The van der Waals surface area contributed by atoms with Crippen molar-refractivity contribution in [3.63, 3.8) is 0 Å². The maximum absolute atomic E-state index is 6.42. The predicted octanol–water partition coefficient (Wildman–Crippen LogP) is 10.3. The zero-order valence-corrected chi connectivity index (χ0v) is 29.5. The van der Waals surface area contributed by atoms with E-state index in [9.17, 15) is 0 Å². The Bertz CT molecular complexity index is 2450. The first-order valence-electron chi connectivity index (χ1n) is 17.9. The Balaban J connectivity index is 0.907. The topological polar surface area (TPSA) is 77.0 Å². The van der Waals surface area contributed by atoms with E-state index in [2.05, 4.69) is 84.3 Å². The number of para-hydroxylation sites is 2. The number of hydrogen-bond acceptors (Lipinski definition) is 8. The summed E-state index contributed by atoms with van der Waals surface area (Å²) in [5.74, 6) is 2.96. The lowest BCUT2D eigenvalue weighted by Crippen LogP contribution is -2.31. The van der Waals surface area contributed by atoms with Crippen LogP contribution in [0.1, 0.15) is 36.1 Å². The molecule has 4 heterocycles. The van der Waals surface area contributed by atoms with Gasteiger partial charge in [0.25, 0.3) is 0 Å². The molecule has 8 aromatic rings. The molecule has 260 valence electrons. The number of aromatic nitrogens is 2. The molecule has 6 aromatic carbocycles. The van der Waals surface area contributed by atoms with Crippen molar-refractivity contribution in [2.75, 3.05) is 23.3 Å². The molecule has 53 heavy (non-hydrogen) atoms. The van der Waals surface area contributed by atoms with Crippen LogP contribution in [0.15, 0.2) is 142 Å². The van der Waals surface area contributed by atoms with E-state index >= 15 is 0 Å². The first-order valence-corrected chi connectivity index (χ1v) is 17.9. The van der Waals surface area contributed by atoms with Crippen LogP contribution in [0.4, 0.5) is 11.4 Å². The van der Waals surface area contributed by atoms with Gasteiger partial charge in [0.1, 0.15) is 22.5 Å². The van der Waals surface area contributed by atoms with E-state index in [4.69, 9.17) is 28.3 Å². The highest BCUT2D eigenvalue weighted by Gasteiger charge is 2.27. The molecule has 0 fully saturated rings. The van der Waals surface area contributed by atoms with E-state index in [1.54, 1.807) is 0 Å². The molecule has 0 bridgehead atoms. The van der Waals surface area contributed by atoms with Crippen LogP contribution < -0.4 is 19.3 Å². The smallest absolute Gasteiger partial charge is 0.227 e. The Hall–Kier alpha value is -6.54. The summed E-state index contributed by atoms with van der Waals surface area (Å²) in [5.41, 5.74) is 11.3. The summed E-state index contributed by atoms with van der Waals surface area (Å²) in [4.78, 5) is 14.2. The molecule has 0 saturated heterocycles. The third kappa shape index (κ3) is 5.63. The van der Waals surface area contributed by atoms with Gasteiger partial charge < -0.3 is 28.1 Å². The Morgan fingerprint density at radius 2 is 0.962 bits per heavy atom. The van der Waals surface area contributed by atoms with Gasteiger partial charge in [-0.15, -0.1) is 0 Å². The number of ether oxygens (including phenoxy) is 2. The lowest BCUT2D eigenvalue weighted by Gasteiger charge is -2.30. The molecule has 0 N–H and O–H groups in total. The fourth-order valence-electron chi connectivity index (χ4n) is 7.40. The Morgan fingerprint density at radius 3 is 1.42 bits per heavy atom. The van der Waals surface area contributed by atoms with E-state index < -0.39 is 0 Å². The number of benzene rings is 6. The standard InChI is InChI=1S/C45H36N4O4/c1-45(2,33-15-17-37-41(23-33)52-43(46-37)29-13-19-39-31(21-29)25-48(27-50-39)35-9-5-3-6-10-35)34-16-18-38-42(24-34)53-44(47-38)30-14-20-40-32(22-30)26-49(28-51-40)36-11-7-4-8-12-36/h3-24H,25-28H2,1-2H3. The third-order valence-electron chi connectivity index (χ3n) is 10.6. The minimum atomic E-state index is -0.351. The Morgan fingerprint density at radius 1 is 0.509 bits per heavy atom. The summed E-state index contributed by atoms with van der Waals surface area (Å²) < 4.78 is 25.0. The van der Waals surface area contributed by atoms with E-state index in [0.29, 0.717) is 25.2 Å². The first-order chi connectivity index (χ1) is 25.9. The van der Waals surface area contributed by atoms with Gasteiger partial charge in [0, 0.05) is 52.1 Å². The van der Waals surface area contributed by atoms with Crippen molar-refractivity contribution < 1.29 is 18.3 Å². The normalized spacial score (nSPS) is 14.2. The Labute approximate surface area is 306 Å². The van der Waals surface area contributed by atoms with Crippen molar-refractivity contribution in [1.82, 2.24) is 9.97 Å². The molecule has 2 aromatic heterocycles. The monoisotopic (exact) mass is 696 g/mol. The van der Waals surface area contributed by atoms with Crippen LogP contribution in [-0.2, 0) is 18.5 Å². The molecule has 8 nitrogen and oxygen atoms in total. The van der Waals surface area contributed by atoms with Crippen LogP contribution in [0, 0.1) is 0 Å². The second kappa shape index (κ2) is 12.3. The maximum Gasteiger partial charge on any atom is 0.227 e. The fourth-order valence-corrected chi connectivity index (χ4v) is 7.40. The summed E-state index contributed by atoms with van der Waals surface area (Å²) in [6, 6.07) is 45.5. The van der Waals surface area contributed by atoms with Crippen LogP contribution in [0.3, 0.4) is 0 Å². The van der Waals surface area contributed by atoms with Crippen molar-refractivity contribution in [3.8, 4) is 34.4 Å². The third-order valence-corrected chi connectivity index (χ3v) is 10.6. The van der Waals surface area contributed by atoms with Crippen molar-refractivity contribution in [2.24, 2.45) is 0 Å². The lowest BCUT2D eigenvalue weighted by molar-refractivity contribution is 0.289. The molecule has 0 unspecified atom stereocenters. The van der Waals surface area contributed by atoms with Crippen molar-refractivity contribution in [2.45, 2.75) is 32.4 Å².